The summed E-state index contributed by atoms with van der Waals surface area (Å²) in [6, 6.07) is 15.2. The predicted octanol–water partition coefficient (Wildman–Crippen LogP) is 2.53. The molecule has 3 N–H and O–H groups in total. The summed E-state index contributed by atoms with van der Waals surface area (Å²) in [6.07, 6.45) is 4.71. The topological polar surface area (TPSA) is 133 Å². The Morgan fingerprint density at radius 3 is 2.38 bits per heavy atom. The fourth-order valence-electron chi connectivity index (χ4n) is 4.69. The summed E-state index contributed by atoms with van der Waals surface area (Å²) < 4.78 is 27.2. The third-order valence-electron chi connectivity index (χ3n) is 6.80. The Hall–Kier alpha value is -3.93. The molecule has 39 heavy (non-hydrogen) atoms. The van der Waals surface area contributed by atoms with Crippen LogP contribution < -0.4 is 16.2 Å². The van der Waals surface area contributed by atoms with Gasteiger partial charge in [-0.25, -0.2) is 8.42 Å². The summed E-state index contributed by atoms with van der Waals surface area (Å²) in [4.78, 5) is 41.4. The molecular formula is C27H26ClN5O5S. The van der Waals surface area contributed by atoms with Crippen molar-refractivity contribution in [3.8, 4) is 5.69 Å². The molecular weight excluding hydrogens is 542 g/mol. The SMILES string of the molecule is CS(=O)(=O)N1CC[C@H](NC(=O)c2ccc3c(Cl)c[nH]c3c2)[C@H](NC(=O)c2ccc(-n3ccccc3=O)cc2)C1. The fraction of sp³-hybridized carbons (Fsp3) is 0.222. The molecule has 2 atom stereocenters. The first kappa shape index (κ1) is 26.7. The van der Waals surface area contributed by atoms with Gasteiger partial charge in [0, 0.05) is 59.3 Å². The van der Waals surface area contributed by atoms with Crippen LogP contribution in [0.2, 0.25) is 5.02 Å². The minimum absolute atomic E-state index is 0.0122. The van der Waals surface area contributed by atoms with Crippen molar-refractivity contribution in [1.82, 2.24) is 24.5 Å². The third kappa shape index (κ3) is 5.75. The van der Waals surface area contributed by atoms with Gasteiger partial charge in [0.1, 0.15) is 0 Å². The van der Waals surface area contributed by atoms with Gasteiger partial charge in [0.15, 0.2) is 0 Å². The molecule has 0 radical (unpaired) electrons. The van der Waals surface area contributed by atoms with E-state index in [0.29, 0.717) is 33.8 Å². The first-order valence-corrected chi connectivity index (χ1v) is 14.4. The van der Waals surface area contributed by atoms with E-state index in [9.17, 15) is 22.8 Å². The highest BCUT2D eigenvalue weighted by molar-refractivity contribution is 7.88. The van der Waals surface area contributed by atoms with Gasteiger partial charge in [0.25, 0.3) is 17.4 Å². The molecule has 2 aromatic carbocycles. The van der Waals surface area contributed by atoms with Gasteiger partial charge in [-0.05, 0) is 48.9 Å². The quantitative estimate of drug-likeness (QED) is 0.329. The van der Waals surface area contributed by atoms with E-state index in [2.05, 4.69) is 15.6 Å². The zero-order chi connectivity index (χ0) is 27.7. The van der Waals surface area contributed by atoms with Gasteiger partial charge in [-0.2, -0.15) is 4.31 Å². The summed E-state index contributed by atoms with van der Waals surface area (Å²) in [6.45, 7) is 0.222. The molecule has 1 fully saturated rings. The van der Waals surface area contributed by atoms with E-state index in [-0.39, 0.29) is 24.6 Å². The second kappa shape index (κ2) is 10.7. The van der Waals surface area contributed by atoms with E-state index in [1.807, 2.05) is 0 Å². The maximum atomic E-state index is 13.2. The van der Waals surface area contributed by atoms with Crippen molar-refractivity contribution in [3.05, 3.63) is 99.6 Å². The second-order valence-corrected chi connectivity index (χ2v) is 11.8. The number of nitrogens with one attached hydrogen (secondary N) is 3. The predicted molar refractivity (Wildman–Crippen MR) is 149 cm³/mol. The maximum Gasteiger partial charge on any atom is 0.255 e. The van der Waals surface area contributed by atoms with Gasteiger partial charge < -0.3 is 15.6 Å². The van der Waals surface area contributed by atoms with Crippen molar-refractivity contribution in [2.24, 2.45) is 0 Å². The van der Waals surface area contributed by atoms with Crippen LogP contribution in [0.15, 0.2) is 77.9 Å². The Morgan fingerprint density at radius 1 is 0.974 bits per heavy atom. The number of carbonyl (C=O) groups excluding carboxylic acids is 2. The number of aromatic amines is 1. The lowest BCUT2D eigenvalue weighted by atomic mass is 9.99. The van der Waals surface area contributed by atoms with E-state index in [1.165, 1.54) is 14.9 Å². The Labute approximate surface area is 229 Å². The molecule has 2 aromatic heterocycles. The van der Waals surface area contributed by atoms with Crippen LogP contribution in [0.1, 0.15) is 27.1 Å². The molecule has 0 aliphatic carbocycles. The molecule has 12 heteroatoms. The molecule has 1 aliphatic heterocycles. The number of rotatable bonds is 6. The standard InChI is InChI=1S/C27H26ClN5O5S/c1-39(37,38)32-13-11-22(30-27(36)18-7-10-20-21(28)15-29-23(20)14-18)24(16-32)31-26(35)17-5-8-19(9-6-17)33-12-3-2-4-25(33)34/h2-10,12,14-15,22,24,29H,11,13,16H2,1H3,(H,30,36)(H,31,35)/t22-,24+/m0/s1. The van der Waals surface area contributed by atoms with E-state index in [0.717, 1.165) is 11.6 Å². The summed E-state index contributed by atoms with van der Waals surface area (Å²) in [5.74, 6) is -0.777. The maximum absolute atomic E-state index is 13.2. The van der Waals surface area contributed by atoms with Crippen molar-refractivity contribution in [1.29, 1.82) is 0 Å². The number of halogens is 1. The van der Waals surface area contributed by atoms with Gasteiger partial charge in [-0.3, -0.25) is 19.0 Å². The summed E-state index contributed by atoms with van der Waals surface area (Å²) in [5.41, 5.74) is 1.85. The summed E-state index contributed by atoms with van der Waals surface area (Å²) in [7, 11) is -3.51. The van der Waals surface area contributed by atoms with Crippen LogP contribution in [0.3, 0.4) is 0 Å². The Bertz CT molecular complexity index is 1710. The first-order chi connectivity index (χ1) is 18.6. The number of benzene rings is 2. The zero-order valence-electron chi connectivity index (χ0n) is 20.9. The average Bonchev–Trinajstić information content (AvgIpc) is 3.29. The number of sulfonamides is 1. The molecule has 5 rings (SSSR count). The zero-order valence-corrected chi connectivity index (χ0v) is 22.5. The van der Waals surface area contributed by atoms with Gasteiger partial charge in [-0.15, -0.1) is 0 Å². The third-order valence-corrected chi connectivity index (χ3v) is 8.38. The number of piperidine rings is 1. The molecule has 2 amide bonds. The lowest BCUT2D eigenvalue weighted by molar-refractivity contribution is 0.0849. The van der Waals surface area contributed by atoms with Crippen molar-refractivity contribution in [2.75, 3.05) is 19.3 Å². The number of carbonyl (C=O) groups is 2. The van der Waals surface area contributed by atoms with Crippen molar-refractivity contribution < 1.29 is 18.0 Å². The number of amides is 2. The molecule has 202 valence electrons. The fourth-order valence-corrected chi connectivity index (χ4v) is 5.78. The number of aromatic nitrogens is 2. The van der Waals surface area contributed by atoms with E-state index >= 15 is 0 Å². The highest BCUT2D eigenvalue weighted by Gasteiger charge is 2.35. The van der Waals surface area contributed by atoms with Crippen molar-refractivity contribution in [2.45, 2.75) is 18.5 Å². The molecule has 4 aromatic rings. The monoisotopic (exact) mass is 567 g/mol. The number of hydrogen-bond donors (Lipinski definition) is 3. The van der Waals surface area contributed by atoms with Crippen LogP contribution in [0, 0.1) is 0 Å². The van der Waals surface area contributed by atoms with E-state index < -0.39 is 28.0 Å². The summed E-state index contributed by atoms with van der Waals surface area (Å²) in [5, 5.41) is 7.21. The lowest BCUT2D eigenvalue weighted by Gasteiger charge is -2.38. The first-order valence-electron chi connectivity index (χ1n) is 12.2. The number of H-pyrrole nitrogens is 1. The van der Waals surface area contributed by atoms with E-state index in [4.69, 9.17) is 11.6 Å². The van der Waals surface area contributed by atoms with Gasteiger partial charge in [-0.1, -0.05) is 23.7 Å². The smallest absolute Gasteiger partial charge is 0.255 e. The van der Waals surface area contributed by atoms with Crippen LogP contribution in [0.5, 0.6) is 0 Å². The van der Waals surface area contributed by atoms with Crippen LogP contribution in [0.25, 0.3) is 16.6 Å². The Kier molecular flexibility index (Phi) is 7.30. The average molecular weight is 568 g/mol. The Morgan fingerprint density at radius 2 is 1.67 bits per heavy atom. The van der Waals surface area contributed by atoms with Crippen LogP contribution in [-0.4, -0.2) is 65.5 Å². The number of hydrogen-bond acceptors (Lipinski definition) is 5. The van der Waals surface area contributed by atoms with Crippen LogP contribution >= 0.6 is 11.6 Å². The van der Waals surface area contributed by atoms with Gasteiger partial charge in [0.05, 0.1) is 23.4 Å². The molecule has 0 unspecified atom stereocenters. The van der Waals surface area contributed by atoms with Crippen LogP contribution in [-0.2, 0) is 10.0 Å². The molecule has 0 bridgehead atoms. The summed E-state index contributed by atoms with van der Waals surface area (Å²) >= 11 is 6.13. The largest absolute Gasteiger partial charge is 0.360 e. The van der Waals surface area contributed by atoms with E-state index in [1.54, 1.807) is 67.0 Å². The highest BCUT2D eigenvalue weighted by atomic mass is 35.5. The number of pyridine rings is 1. The molecule has 0 spiro atoms. The van der Waals surface area contributed by atoms with Crippen molar-refractivity contribution in [3.63, 3.8) is 0 Å². The van der Waals surface area contributed by atoms with Crippen molar-refractivity contribution >= 4 is 44.3 Å². The highest BCUT2D eigenvalue weighted by Crippen LogP contribution is 2.24. The Balaban J connectivity index is 1.34. The molecule has 3 heterocycles. The molecule has 10 nitrogen and oxygen atoms in total. The molecule has 1 aliphatic rings. The van der Waals surface area contributed by atoms with Crippen LogP contribution in [0.4, 0.5) is 0 Å². The minimum Gasteiger partial charge on any atom is -0.360 e. The normalized spacial score (nSPS) is 18.1. The van der Waals surface area contributed by atoms with Gasteiger partial charge in [0.2, 0.25) is 10.0 Å². The number of nitrogens with zero attached hydrogens (tertiary/aromatic N) is 2. The molecule has 1 saturated heterocycles. The minimum atomic E-state index is -3.51. The number of fused-ring (bicyclic) bond motifs is 1. The lowest BCUT2D eigenvalue weighted by Crippen LogP contribution is -2.61. The second-order valence-electron chi connectivity index (χ2n) is 9.42. The molecule has 0 saturated carbocycles. The van der Waals surface area contributed by atoms with Gasteiger partial charge >= 0.3 is 0 Å².